The van der Waals surface area contributed by atoms with Crippen LogP contribution in [-0.4, -0.2) is 42.0 Å². The van der Waals surface area contributed by atoms with Crippen LogP contribution in [0.4, 0.5) is 0 Å². The van der Waals surface area contributed by atoms with Crippen molar-refractivity contribution in [1.29, 1.82) is 0 Å². The van der Waals surface area contributed by atoms with Gasteiger partial charge in [-0.15, -0.1) is 11.3 Å². The van der Waals surface area contributed by atoms with Crippen LogP contribution < -0.4 is 5.32 Å². The molecule has 0 spiro atoms. The molecule has 1 fully saturated rings. The summed E-state index contributed by atoms with van der Waals surface area (Å²) in [5.74, 6) is 0.785. The molecule has 0 aliphatic heterocycles. The minimum atomic E-state index is -0.420. The number of nitrogens with one attached hydrogen (secondary N) is 1. The fourth-order valence-electron chi connectivity index (χ4n) is 2.96. The molecule has 1 heterocycles. The lowest BCUT2D eigenvalue weighted by atomic mass is 10.00. The number of aliphatic hydroxyl groups excluding tert-OH is 1. The monoisotopic (exact) mass is 312 g/mol. The number of aromatic nitrogens is 1. The standard InChI is InChI=1S/C16H28N2O2S/c1-12(14-5-3-4-6-14)17-9-15(19)10-20-8-7-16-13(2)18-11-21-16/h11-12,14-15,17,19H,3-10H2,1-2H3/t12-,15?/m1/s1. The summed E-state index contributed by atoms with van der Waals surface area (Å²) in [5.41, 5.74) is 2.96. The molecule has 4 nitrogen and oxygen atoms in total. The van der Waals surface area contributed by atoms with E-state index in [9.17, 15) is 5.11 Å². The smallest absolute Gasteiger partial charge is 0.0897 e. The van der Waals surface area contributed by atoms with E-state index in [0.29, 0.717) is 25.8 Å². The molecule has 1 aromatic rings. The van der Waals surface area contributed by atoms with Crippen LogP contribution in [0.25, 0.3) is 0 Å². The molecule has 21 heavy (non-hydrogen) atoms. The highest BCUT2D eigenvalue weighted by Crippen LogP contribution is 2.27. The molecule has 1 aliphatic rings. The van der Waals surface area contributed by atoms with Gasteiger partial charge in [-0.25, -0.2) is 4.98 Å². The Morgan fingerprint density at radius 3 is 2.90 bits per heavy atom. The van der Waals surface area contributed by atoms with Gasteiger partial charge in [0, 0.05) is 23.9 Å². The van der Waals surface area contributed by atoms with Crippen molar-refractivity contribution in [3.8, 4) is 0 Å². The van der Waals surface area contributed by atoms with Gasteiger partial charge in [0.05, 0.1) is 30.5 Å². The Kier molecular flexibility index (Phi) is 7.10. The molecule has 0 amide bonds. The van der Waals surface area contributed by atoms with Crippen LogP contribution in [0.5, 0.6) is 0 Å². The first-order valence-corrected chi connectivity index (χ1v) is 8.93. The third kappa shape index (κ3) is 5.66. The second-order valence-electron chi connectivity index (χ2n) is 6.08. The minimum Gasteiger partial charge on any atom is -0.389 e. The van der Waals surface area contributed by atoms with Crippen LogP contribution in [0.15, 0.2) is 5.51 Å². The van der Waals surface area contributed by atoms with Gasteiger partial charge in [-0.1, -0.05) is 12.8 Å². The minimum absolute atomic E-state index is 0.405. The Labute approximate surface area is 131 Å². The van der Waals surface area contributed by atoms with E-state index in [1.165, 1.54) is 30.6 Å². The Hall–Kier alpha value is -0.490. The van der Waals surface area contributed by atoms with E-state index in [1.807, 2.05) is 12.4 Å². The van der Waals surface area contributed by atoms with Gasteiger partial charge in [0.25, 0.3) is 0 Å². The highest BCUT2D eigenvalue weighted by atomic mass is 32.1. The molecule has 2 rings (SSSR count). The second-order valence-corrected chi connectivity index (χ2v) is 7.02. The number of hydrogen-bond donors (Lipinski definition) is 2. The van der Waals surface area contributed by atoms with Crippen LogP contribution in [0.1, 0.15) is 43.2 Å². The number of hydrogen-bond acceptors (Lipinski definition) is 5. The van der Waals surface area contributed by atoms with Gasteiger partial charge in [0.1, 0.15) is 0 Å². The second kappa shape index (κ2) is 8.83. The van der Waals surface area contributed by atoms with Gasteiger partial charge in [-0.3, -0.25) is 0 Å². The van der Waals surface area contributed by atoms with Gasteiger partial charge >= 0.3 is 0 Å². The third-order valence-corrected chi connectivity index (χ3v) is 5.41. The number of thiazole rings is 1. The first kappa shape index (κ1) is 16.9. The molecule has 1 aromatic heterocycles. The highest BCUT2D eigenvalue weighted by Gasteiger charge is 2.21. The fourth-order valence-corrected chi connectivity index (χ4v) is 3.72. The highest BCUT2D eigenvalue weighted by molar-refractivity contribution is 7.09. The van der Waals surface area contributed by atoms with Crippen LogP contribution in [-0.2, 0) is 11.2 Å². The molecule has 2 atom stereocenters. The van der Waals surface area contributed by atoms with Crippen molar-refractivity contribution in [3.05, 3.63) is 16.1 Å². The number of ether oxygens (including phenoxy) is 1. The quantitative estimate of drug-likeness (QED) is 0.688. The lowest BCUT2D eigenvalue weighted by molar-refractivity contribution is 0.0364. The number of aliphatic hydroxyl groups is 1. The first-order valence-electron chi connectivity index (χ1n) is 8.05. The van der Waals surface area contributed by atoms with Crippen molar-refractivity contribution in [2.75, 3.05) is 19.8 Å². The Morgan fingerprint density at radius 1 is 1.48 bits per heavy atom. The summed E-state index contributed by atoms with van der Waals surface area (Å²) in [4.78, 5) is 5.50. The van der Waals surface area contributed by atoms with Crippen molar-refractivity contribution in [1.82, 2.24) is 10.3 Å². The molecular weight excluding hydrogens is 284 g/mol. The average molecular weight is 312 g/mol. The van der Waals surface area contributed by atoms with Gasteiger partial charge in [-0.2, -0.15) is 0 Å². The summed E-state index contributed by atoms with van der Waals surface area (Å²) >= 11 is 1.67. The van der Waals surface area contributed by atoms with Crippen LogP contribution in [0.3, 0.4) is 0 Å². The molecule has 0 radical (unpaired) electrons. The lowest BCUT2D eigenvalue weighted by Crippen LogP contribution is -2.39. The Bertz CT molecular complexity index is 405. The van der Waals surface area contributed by atoms with Gasteiger partial charge in [-0.05, 0) is 32.6 Å². The van der Waals surface area contributed by atoms with E-state index < -0.39 is 6.10 Å². The molecule has 0 saturated heterocycles. The molecule has 5 heteroatoms. The van der Waals surface area contributed by atoms with Gasteiger partial charge in [0.15, 0.2) is 0 Å². The maximum Gasteiger partial charge on any atom is 0.0897 e. The summed E-state index contributed by atoms with van der Waals surface area (Å²) in [6, 6.07) is 0.502. The molecule has 1 aliphatic carbocycles. The number of nitrogens with zero attached hydrogens (tertiary/aromatic N) is 1. The molecule has 1 unspecified atom stereocenters. The lowest BCUT2D eigenvalue weighted by Gasteiger charge is -2.22. The van der Waals surface area contributed by atoms with Crippen molar-refractivity contribution in [3.63, 3.8) is 0 Å². The van der Waals surface area contributed by atoms with Crippen molar-refractivity contribution >= 4 is 11.3 Å². The zero-order valence-corrected chi connectivity index (χ0v) is 14.0. The first-order chi connectivity index (χ1) is 10.2. The van der Waals surface area contributed by atoms with Crippen LogP contribution >= 0.6 is 11.3 Å². The molecule has 0 aromatic carbocycles. The van der Waals surface area contributed by atoms with E-state index >= 15 is 0 Å². The molecule has 2 N–H and O–H groups in total. The maximum absolute atomic E-state index is 9.96. The van der Waals surface area contributed by atoms with E-state index in [-0.39, 0.29) is 0 Å². The Balaban J connectivity index is 1.53. The van der Waals surface area contributed by atoms with Crippen molar-refractivity contribution < 1.29 is 9.84 Å². The van der Waals surface area contributed by atoms with Crippen molar-refractivity contribution in [2.24, 2.45) is 5.92 Å². The Morgan fingerprint density at radius 2 is 2.24 bits per heavy atom. The van der Waals surface area contributed by atoms with E-state index in [1.54, 1.807) is 11.3 Å². The summed E-state index contributed by atoms with van der Waals surface area (Å²) < 4.78 is 5.57. The summed E-state index contributed by atoms with van der Waals surface area (Å²) in [6.07, 6.45) is 5.84. The average Bonchev–Trinajstić information content (AvgIpc) is 3.13. The van der Waals surface area contributed by atoms with E-state index in [0.717, 1.165) is 18.0 Å². The normalized spacial score (nSPS) is 19.0. The van der Waals surface area contributed by atoms with E-state index in [2.05, 4.69) is 17.2 Å². The van der Waals surface area contributed by atoms with Crippen LogP contribution in [0, 0.1) is 12.8 Å². The van der Waals surface area contributed by atoms with Gasteiger partial charge < -0.3 is 15.2 Å². The topological polar surface area (TPSA) is 54.4 Å². The zero-order valence-electron chi connectivity index (χ0n) is 13.2. The molecular formula is C16H28N2O2S. The van der Waals surface area contributed by atoms with Gasteiger partial charge in [0.2, 0.25) is 0 Å². The predicted octanol–water partition coefficient (Wildman–Crippen LogP) is 2.54. The van der Waals surface area contributed by atoms with Crippen LogP contribution in [0.2, 0.25) is 0 Å². The fraction of sp³-hybridized carbons (Fsp3) is 0.812. The van der Waals surface area contributed by atoms with E-state index in [4.69, 9.17) is 4.74 Å². The summed E-state index contributed by atoms with van der Waals surface area (Å²) in [5, 5.41) is 13.4. The van der Waals surface area contributed by atoms with Crippen molar-refractivity contribution in [2.45, 2.75) is 58.1 Å². The largest absolute Gasteiger partial charge is 0.389 e. The SMILES string of the molecule is Cc1ncsc1CCOCC(O)CN[C@H](C)C1CCCC1. The zero-order chi connectivity index (χ0) is 15.1. The molecule has 1 saturated carbocycles. The summed E-state index contributed by atoms with van der Waals surface area (Å²) in [6.45, 7) is 5.93. The third-order valence-electron chi connectivity index (χ3n) is 4.41. The summed E-state index contributed by atoms with van der Waals surface area (Å²) in [7, 11) is 0. The maximum atomic E-state index is 9.96. The number of rotatable bonds is 9. The molecule has 0 bridgehead atoms. The number of aryl methyl sites for hydroxylation is 1. The predicted molar refractivity (Wildman–Crippen MR) is 86.8 cm³/mol. The molecule has 120 valence electrons.